The summed E-state index contributed by atoms with van der Waals surface area (Å²) < 4.78 is 16.5. The molecule has 5 rings (SSSR count). The second-order valence-corrected chi connectivity index (χ2v) is 8.86. The number of thiophene rings is 1. The minimum Gasteiger partial charge on any atom is -0.507 e. The van der Waals surface area contributed by atoms with E-state index in [1.807, 2.05) is 36.6 Å². The van der Waals surface area contributed by atoms with Gasteiger partial charge in [-0.25, -0.2) is 0 Å². The lowest BCUT2D eigenvalue weighted by molar-refractivity contribution is -0.140. The summed E-state index contributed by atoms with van der Waals surface area (Å²) in [6.07, 6.45) is 0. The van der Waals surface area contributed by atoms with Gasteiger partial charge in [-0.1, -0.05) is 35.9 Å². The van der Waals surface area contributed by atoms with Crippen LogP contribution in [0, 0.1) is 6.92 Å². The van der Waals surface area contributed by atoms with E-state index in [4.69, 9.17) is 14.2 Å². The number of carbonyl (C=O) groups excluding carboxylic acids is 2. The molecule has 0 radical (unpaired) electrons. The summed E-state index contributed by atoms with van der Waals surface area (Å²) in [4.78, 5) is 28.8. The SMILES string of the molecule is COc1cc(C2/C(=C(\O)c3ccc(C)cc3)C(=O)C(=O)N2Cc2cccs2)cc2c1OCO2. The number of likely N-dealkylation sites (tertiary alicyclic amines) is 1. The highest BCUT2D eigenvalue weighted by Crippen LogP contribution is 2.47. The molecule has 1 unspecified atom stereocenters. The Bertz CT molecular complexity index is 1260. The lowest BCUT2D eigenvalue weighted by Crippen LogP contribution is -2.28. The van der Waals surface area contributed by atoms with Crippen molar-refractivity contribution in [3.05, 3.63) is 81.1 Å². The largest absolute Gasteiger partial charge is 0.507 e. The normalized spacial score (nSPS) is 18.7. The Morgan fingerprint density at radius 2 is 1.97 bits per heavy atom. The zero-order valence-corrected chi connectivity index (χ0v) is 18.8. The van der Waals surface area contributed by atoms with Crippen molar-refractivity contribution in [2.45, 2.75) is 19.5 Å². The number of aliphatic hydroxyl groups excluding tert-OH is 1. The van der Waals surface area contributed by atoms with Crippen LogP contribution in [-0.2, 0) is 16.1 Å². The molecular formula is C25H21NO6S. The number of hydrogen-bond acceptors (Lipinski definition) is 7. The van der Waals surface area contributed by atoms with Crippen molar-refractivity contribution in [2.24, 2.45) is 0 Å². The molecule has 0 bridgehead atoms. The van der Waals surface area contributed by atoms with Gasteiger partial charge in [-0.05, 0) is 36.1 Å². The Kier molecular flexibility index (Phi) is 5.30. The maximum absolute atomic E-state index is 13.2. The van der Waals surface area contributed by atoms with Gasteiger partial charge in [0, 0.05) is 10.4 Å². The second kappa shape index (κ2) is 8.29. The zero-order chi connectivity index (χ0) is 23.1. The molecule has 0 aliphatic carbocycles. The number of amides is 1. The van der Waals surface area contributed by atoms with E-state index < -0.39 is 17.7 Å². The molecule has 8 heteroatoms. The number of nitrogens with zero attached hydrogens (tertiary/aromatic N) is 1. The van der Waals surface area contributed by atoms with E-state index in [1.54, 1.807) is 24.3 Å². The number of aliphatic hydroxyl groups is 1. The average molecular weight is 464 g/mol. The van der Waals surface area contributed by atoms with E-state index in [0.717, 1.165) is 10.4 Å². The number of ketones is 1. The summed E-state index contributed by atoms with van der Waals surface area (Å²) in [7, 11) is 1.51. The molecular weight excluding hydrogens is 442 g/mol. The summed E-state index contributed by atoms with van der Waals surface area (Å²) >= 11 is 1.49. The third kappa shape index (κ3) is 3.62. The molecule has 1 amide bonds. The van der Waals surface area contributed by atoms with Crippen LogP contribution in [0.5, 0.6) is 17.2 Å². The summed E-state index contributed by atoms with van der Waals surface area (Å²) in [6.45, 7) is 2.21. The van der Waals surface area contributed by atoms with Gasteiger partial charge in [-0.2, -0.15) is 0 Å². The van der Waals surface area contributed by atoms with E-state index >= 15 is 0 Å². The number of ether oxygens (including phenoxy) is 3. The van der Waals surface area contributed by atoms with Gasteiger partial charge in [-0.15, -0.1) is 11.3 Å². The Balaban J connectivity index is 1.69. The summed E-state index contributed by atoms with van der Waals surface area (Å²) in [5.41, 5.74) is 2.09. The highest BCUT2D eigenvalue weighted by Gasteiger charge is 2.46. The van der Waals surface area contributed by atoms with Gasteiger partial charge in [-0.3, -0.25) is 9.59 Å². The third-order valence-electron chi connectivity index (χ3n) is 5.77. The van der Waals surface area contributed by atoms with Crippen LogP contribution in [-0.4, -0.2) is 35.6 Å². The molecule has 1 saturated heterocycles. The van der Waals surface area contributed by atoms with Crippen molar-refractivity contribution < 1.29 is 28.9 Å². The Hall–Kier alpha value is -3.78. The van der Waals surface area contributed by atoms with E-state index in [0.29, 0.717) is 28.4 Å². The molecule has 3 heterocycles. The molecule has 0 spiro atoms. The Morgan fingerprint density at radius 1 is 1.18 bits per heavy atom. The molecule has 168 valence electrons. The van der Waals surface area contributed by atoms with Gasteiger partial charge in [0.2, 0.25) is 12.5 Å². The van der Waals surface area contributed by atoms with Crippen LogP contribution in [0.2, 0.25) is 0 Å². The predicted octanol–water partition coefficient (Wildman–Crippen LogP) is 4.42. The predicted molar refractivity (Wildman–Crippen MR) is 122 cm³/mol. The van der Waals surface area contributed by atoms with Crippen LogP contribution < -0.4 is 14.2 Å². The number of benzene rings is 2. The van der Waals surface area contributed by atoms with Crippen molar-refractivity contribution in [2.75, 3.05) is 13.9 Å². The maximum atomic E-state index is 13.2. The topological polar surface area (TPSA) is 85.3 Å². The molecule has 2 aromatic carbocycles. The molecule has 7 nitrogen and oxygen atoms in total. The first-order valence-corrected chi connectivity index (χ1v) is 11.2. The lowest BCUT2D eigenvalue weighted by atomic mass is 9.94. The number of Topliss-reactive ketones (excluding diaryl/α,β-unsaturated/α-hetero) is 1. The van der Waals surface area contributed by atoms with Gasteiger partial charge < -0.3 is 24.2 Å². The average Bonchev–Trinajstić information content (AvgIpc) is 3.55. The van der Waals surface area contributed by atoms with Crippen LogP contribution in [0.4, 0.5) is 0 Å². The van der Waals surface area contributed by atoms with Crippen LogP contribution in [0.3, 0.4) is 0 Å². The first kappa shape index (κ1) is 21.1. The minimum atomic E-state index is -0.822. The van der Waals surface area contributed by atoms with E-state index in [9.17, 15) is 14.7 Å². The van der Waals surface area contributed by atoms with Gasteiger partial charge in [0.25, 0.3) is 11.7 Å². The second-order valence-electron chi connectivity index (χ2n) is 7.83. The number of methoxy groups -OCH3 is 1. The van der Waals surface area contributed by atoms with Gasteiger partial charge in [0.05, 0.1) is 25.3 Å². The van der Waals surface area contributed by atoms with Crippen molar-refractivity contribution in [1.29, 1.82) is 0 Å². The zero-order valence-electron chi connectivity index (χ0n) is 18.0. The lowest BCUT2D eigenvalue weighted by Gasteiger charge is -2.25. The van der Waals surface area contributed by atoms with Crippen LogP contribution in [0.25, 0.3) is 5.76 Å². The highest BCUT2D eigenvalue weighted by molar-refractivity contribution is 7.09. The Morgan fingerprint density at radius 3 is 2.67 bits per heavy atom. The van der Waals surface area contributed by atoms with Crippen LogP contribution in [0.15, 0.2) is 59.5 Å². The molecule has 1 fully saturated rings. The number of hydrogen-bond donors (Lipinski definition) is 1. The highest BCUT2D eigenvalue weighted by atomic mass is 32.1. The standard InChI is InChI=1S/C25H21NO6S/c1-14-5-7-15(8-6-14)22(27)20-21(16-10-18(30-2)24-19(11-16)31-13-32-24)26(25(29)23(20)28)12-17-4-3-9-33-17/h3-11,21,27H,12-13H2,1-2H3/b22-20+. The molecule has 2 aliphatic rings. The summed E-state index contributed by atoms with van der Waals surface area (Å²) in [6, 6.07) is 13.6. The quantitative estimate of drug-likeness (QED) is 0.343. The third-order valence-corrected chi connectivity index (χ3v) is 6.63. The number of carbonyl (C=O) groups is 2. The minimum absolute atomic E-state index is 0.0290. The molecule has 1 aromatic heterocycles. The van der Waals surface area contributed by atoms with Crippen LogP contribution >= 0.6 is 11.3 Å². The molecule has 33 heavy (non-hydrogen) atoms. The van der Waals surface area contributed by atoms with Crippen molar-refractivity contribution >= 4 is 28.8 Å². The van der Waals surface area contributed by atoms with Crippen LogP contribution in [0.1, 0.15) is 27.6 Å². The monoisotopic (exact) mass is 463 g/mol. The van der Waals surface area contributed by atoms with E-state index in [-0.39, 0.29) is 24.7 Å². The van der Waals surface area contributed by atoms with Gasteiger partial charge in [0.1, 0.15) is 5.76 Å². The summed E-state index contributed by atoms with van der Waals surface area (Å²) in [5.74, 6) is -0.262. The molecule has 3 aromatic rings. The molecule has 1 N–H and O–H groups in total. The number of fused-ring (bicyclic) bond motifs is 1. The van der Waals surface area contributed by atoms with E-state index in [2.05, 4.69) is 0 Å². The maximum Gasteiger partial charge on any atom is 0.295 e. The van der Waals surface area contributed by atoms with Crippen molar-refractivity contribution in [1.82, 2.24) is 4.90 Å². The first-order chi connectivity index (χ1) is 16.0. The van der Waals surface area contributed by atoms with E-state index in [1.165, 1.54) is 23.3 Å². The number of aryl methyl sites for hydroxylation is 1. The van der Waals surface area contributed by atoms with Crippen molar-refractivity contribution in [3.63, 3.8) is 0 Å². The Labute approximate surface area is 194 Å². The smallest absolute Gasteiger partial charge is 0.295 e. The molecule has 0 saturated carbocycles. The fraction of sp³-hybridized carbons (Fsp3) is 0.200. The van der Waals surface area contributed by atoms with Gasteiger partial charge >= 0.3 is 0 Å². The molecule has 1 atom stereocenters. The van der Waals surface area contributed by atoms with Gasteiger partial charge in [0.15, 0.2) is 11.5 Å². The number of rotatable bonds is 5. The fourth-order valence-corrected chi connectivity index (χ4v) is 4.84. The first-order valence-electron chi connectivity index (χ1n) is 10.3. The van der Waals surface area contributed by atoms with Crippen molar-refractivity contribution in [3.8, 4) is 17.2 Å². The fourth-order valence-electron chi connectivity index (χ4n) is 4.13. The molecule has 2 aliphatic heterocycles. The summed E-state index contributed by atoms with van der Waals surface area (Å²) in [5, 5.41) is 13.1.